The third-order valence-electron chi connectivity index (χ3n) is 3.59. The first-order chi connectivity index (χ1) is 9.72. The number of benzene rings is 1. The number of aryl methyl sites for hydroxylation is 1. The Balaban J connectivity index is 1.73. The van der Waals surface area contributed by atoms with Crippen LogP contribution in [-0.4, -0.2) is 40.8 Å². The second-order valence-electron chi connectivity index (χ2n) is 5.28. The molecule has 20 heavy (non-hydrogen) atoms. The fraction of sp³-hybridized carbons (Fsp3) is 0.467. The first kappa shape index (κ1) is 13.3. The van der Waals surface area contributed by atoms with Crippen LogP contribution in [0, 0.1) is 6.92 Å². The normalized spacial score (nSPS) is 20.2. The lowest BCUT2D eigenvalue weighted by Gasteiger charge is -2.31. The number of ether oxygens (including phenoxy) is 1. The summed E-state index contributed by atoms with van der Waals surface area (Å²) in [6.45, 7) is 7.33. The van der Waals surface area contributed by atoms with Crippen molar-refractivity contribution < 1.29 is 9.26 Å². The van der Waals surface area contributed by atoms with Gasteiger partial charge in [-0.2, -0.15) is 4.98 Å². The Morgan fingerprint density at radius 2 is 2.30 bits per heavy atom. The van der Waals surface area contributed by atoms with E-state index < -0.39 is 0 Å². The van der Waals surface area contributed by atoms with Crippen LogP contribution >= 0.6 is 0 Å². The lowest BCUT2D eigenvalue weighted by atomic mass is 10.1. The summed E-state index contributed by atoms with van der Waals surface area (Å²) in [5.74, 6) is 1.32. The topological polar surface area (TPSA) is 51.4 Å². The molecule has 1 aliphatic rings. The number of nitrogens with zero attached hydrogens (tertiary/aromatic N) is 3. The largest absolute Gasteiger partial charge is 0.379 e. The molecule has 1 saturated heterocycles. The molecule has 2 aromatic rings. The van der Waals surface area contributed by atoms with Crippen LogP contribution in [0.5, 0.6) is 0 Å². The van der Waals surface area contributed by atoms with Crippen LogP contribution in [-0.2, 0) is 11.3 Å². The van der Waals surface area contributed by atoms with Gasteiger partial charge in [-0.15, -0.1) is 0 Å². The highest BCUT2D eigenvalue weighted by Crippen LogP contribution is 2.18. The summed E-state index contributed by atoms with van der Waals surface area (Å²) in [4.78, 5) is 6.79. The van der Waals surface area contributed by atoms with Crippen LogP contribution in [0.15, 0.2) is 28.8 Å². The van der Waals surface area contributed by atoms with Gasteiger partial charge in [0.15, 0.2) is 0 Å². The predicted molar refractivity (Wildman–Crippen MR) is 75.2 cm³/mol. The molecule has 106 valence electrons. The number of rotatable bonds is 3. The molecule has 1 fully saturated rings. The molecular formula is C15H19N3O2. The van der Waals surface area contributed by atoms with Crippen molar-refractivity contribution in [1.82, 2.24) is 15.0 Å². The van der Waals surface area contributed by atoms with Crippen LogP contribution < -0.4 is 0 Å². The van der Waals surface area contributed by atoms with Gasteiger partial charge in [0.1, 0.15) is 0 Å². The Bertz CT molecular complexity index is 582. The SMILES string of the molecule is Cc1cccc(-c2noc(CN3CCOC[C@@H]3C)n2)c1. The number of aromatic nitrogens is 2. The number of hydrogen-bond acceptors (Lipinski definition) is 5. The quantitative estimate of drug-likeness (QED) is 0.858. The van der Waals surface area contributed by atoms with Gasteiger partial charge in [-0.05, 0) is 19.9 Å². The highest BCUT2D eigenvalue weighted by molar-refractivity contribution is 5.55. The van der Waals surface area contributed by atoms with Crippen molar-refractivity contribution in [3.05, 3.63) is 35.7 Å². The number of hydrogen-bond donors (Lipinski definition) is 0. The van der Waals surface area contributed by atoms with E-state index in [0.717, 1.165) is 25.3 Å². The highest BCUT2D eigenvalue weighted by atomic mass is 16.5. The molecule has 0 N–H and O–H groups in total. The molecule has 0 amide bonds. The zero-order valence-corrected chi connectivity index (χ0v) is 11.9. The minimum Gasteiger partial charge on any atom is -0.379 e. The minimum absolute atomic E-state index is 0.387. The first-order valence-corrected chi connectivity index (χ1v) is 6.94. The summed E-state index contributed by atoms with van der Waals surface area (Å²) in [7, 11) is 0. The van der Waals surface area contributed by atoms with Crippen molar-refractivity contribution in [2.24, 2.45) is 0 Å². The van der Waals surface area contributed by atoms with Gasteiger partial charge >= 0.3 is 0 Å². The van der Waals surface area contributed by atoms with E-state index in [1.54, 1.807) is 0 Å². The summed E-state index contributed by atoms with van der Waals surface area (Å²) in [6, 6.07) is 8.51. The van der Waals surface area contributed by atoms with Crippen molar-refractivity contribution in [3.8, 4) is 11.4 Å². The Hall–Kier alpha value is -1.72. The summed E-state index contributed by atoms with van der Waals surface area (Å²) < 4.78 is 10.8. The Morgan fingerprint density at radius 1 is 1.40 bits per heavy atom. The molecule has 1 aromatic carbocycles. The summed E-state index contributed by atoms with van der Waals surface area (Å²) in [5, 5.41) is 4.07. The smallest absolute Gasteiger partial charge is 0.241 e. The highest BCUT2D eigenvalue weighted by Gasteiger charge is 2.21. The van der Waals surface area contributed by atoms with E-state index in [0.29, 0.717) is 24.3 Å². The van der Waals surface area contributed by atoms with Gasteiger partial charge in [0.2, 0.25) is 11.7 Å². The molecule has 1 aromatic heterocycles. The minimum atomic E-state index is 0.387. The molecule has 5 nitrogen and oxygen atoms in total. The van der Waals surface area contributed by atoms with E-state index in [-0.39, 0.29) is 0 Å². The lowest BCUT2D eigenvalue weighted by molar-refractivity contribution is -0.00852. The molecule has 0 saturated carbocycles. The molecule has 0 spiro atoms. The Labute approximate surface area is 118 Å². The molecule has 5 heteroatoms. The maximum atomic E-state index is 5.43. The average molecular weight is 273 g/mol. The van der Waals surface area contributed by atoms with Crippen LogP contribution in [0.2, 0.25) is 0 Å². The molecule has 0 aliphatic carbocycles. The van der Waals surface area contributed by atoms with E-state index in [2.05, 4.69) is 41.0 Å². The van der Waals surface area contributed by atoms with Gasteiger partial charge in [0.05, 0.1) is 19.8 Å². The van der Waals surface area contributed by atoms with E-state index in [9.17, 15) is 0 Å². The maximum absolute atomic E-state index is 5.43. The van der Waals surface area contributed by atoms with Crippen LogP contribution in [0.3, 0.4) is 0 Å². The maximum Gasteiger partial charge on any atom is 0.241 e. The molecule has 3 rings (SSSR count). The monoisotopic (exact) mass is 273 g/mol. The molecule has 1 atom stereocenters. The first-order valence-electron chi connectivity index (χ1n) is 6.94. The van der Waals surface area contributed by atoms with E-state index in [4.69, 9.17) is 9.26 Å². The fourth-order valence-electron chi connectivity index (χ4n) is 2.39. The van der Waals surface area contributed by atoms with Crippen LogP contribution in [0.1, 0.15) is 18.4 Å². The van der Waals surface area contributed by atoms with E-state index >= 15 is 0 Å². The van der Waals surface area contributed by atoms with Crippen molar-refractivity contribution in [2.45, 2.75) is 26.4 Å². The van der Waals surface area contributed by atoms with Crippen LogP contribution in [0.4, 0.5) is 0 Å². The molecule has 1 aliphatic heterocycles. The van der Waals surface area contributed by atoms with Crippen molar-refractivity contribution in [1.29, 1.82) is 0 Å². The van der Waals surface area contributed by atoms with Gasteiger partial charge in [-0.3, -0.25) is 4.90 Å². The standard InChI is InChI=1S/C15H19N3O2/c1-11-4-3-5-13(8-11)15-16-14(20-17-15)9-18-6-7-19-10-12(18)2/h3-5,8,12H,6-7,9-10H2,1-2H3/t12-/m0/s1. The molecule has 0 bridgehead atoms. The van der Waals surface area contributed by atoms with E-state index in [1.165, 1.54) is 5.56 Å². The zero-order valence-electron chi connectivity index (χ0n) is 11.9. The predicted octanol–water partition coefficient (Wildman–Crippen LogP) is 2.27. The van der Waals surface area contributed by atoms with Crippen LogP contribution in [0.25, 0.3) is 11.4 Å². The molecule has 0 radical (unpaired) electrons. The lowest BCUT2D eigenvalue weighted by Crippen LogP contribution is -2.42. The van der Waals surface area contributed by atoms with Gasteiger partial charge in [-0.25, -0.2) is 0 Å². The number of morpholine rings is 1. The third kappa shape index (κ3) is 2.89. The molecule has 2 heterocycles. The van der Waals surface area contributed by atoms with Gasteiger partial charge in [0, 0.05) is 18.2 Å². The molecule has 0 unspecified atom stereocenters. The van der Waals surface area contributed by atoms with Crippen molar-refractivity contribution in [3.63, 3.8) is 0 Å². The fourth-order valence-corrected chi connectivity index (χ4v) is 2.39. The summed E-state index contributed by atoms with van der Waals surface area (Å²) in [6.07, 6.45) is 0. The van der Waals surface area contributed by atoms with Gasteiger partial charge < -0.3 is 9.26 Å². The second-order valence-corrected chi connectivity index (χ2v) is 5.28. The van der Waals surface area contributed by atoms with E-state index in [1.807, 2.05) is 12.1 Å². The van der Waals surface area contributed by atoms with Gasteiger partial charge in [0.25, 0.3) is 0 Å². The Morgan fingerprint density at radius 3 is 3.10 bits per heavy atom. The second kappa shape index (κ2) is 5.73. The van der Waals surface area contributed by atoms with Gasteiger partial charge in [-0.1, -0.05) is 28.9 Å². The Kier molecular flexibility index (Phi) is 3.80. The van der Waals surface area contributed by atoms with Crippen molar-refractivity contribution >= 4 is 0 Å². The summed E-state index contributed by atoms with van der Waals surface area (Å²) in [5.41, 5.74) is 2.19. The van der Waals surface area contributed by atoms with Crippen molar-refractivity contribution in [2.75, 3.05) is 19.8 Å². The third-order valence-corrected chi connectivity index (χ3v) is 3.59. The zero-order chi connectivity index (χ0) is 13.9. The average Bonchev–Trinajstić information content (AvgIpc) is 2.90. The summed E-state index contributed by atoms with van der Waals surface area (Å²) >= 11 is 0. The molecular weight excluding hydrogens is 254 g/mol.